The van der Waals surface area contributed by atoms with Crippen molar-refractivity contribution >= 4 is 0 Å². The molecule has 0 spiro atoms. The van der Waals surface area contributed by atoms with Crippen molar-refractivity contribution < 1.29 is 14.2 Å². The van der Waals surface area contributed by atoms with Crippen LogP contribution in [0.3, 0.4) is 0 Å². The number of rotatable bonds is 12. The summed E-state index contributed by atoms with van der Waals surface area (Å²) in [4.78, 5) is 0. The van der Waals surface area contributed by atoms with E-state index in [0.29, 0.717) is 33.2 Å². The standard InChI is InChI=1S/C11H25NO3/c1-3-4-5-6-13-7-8-14-9-10-15-11-12-2/h12H,3-11H2,1-2H3. The molecule has 92 valence electrons. The lowest BCUT2D eigenvalue weighted by Gasteiger charge is -2.06. The SMILES string of the molecule is CCCCCOCCOCCOCNC. The Kier molecular flexibility index (Phi) is 13.7. The molecule has 0 aromatic heterocycles. The quantitative estimate of drug-likeness (QED) is 0.398. The molecule has 4 nitrogen and oxygen atoms in total. The van der Waals surface area contributed by atoms with Gasteiger partial charge in [0, 0.05) is 6.61 Å². The monoisotopic (exact) mass is 219 g/mol. The van der Waals surface area contributed by atoms with Crippen LogP contribution in [0.2, 0.25) is 0 Å². The van der Waals surface area contributed by atoms with E-state index in [1.54, 1.807) is 0 Å². The Morgan fingerprint density at radius 3 is 2.00 bits per heavy atom. The van der Waals surface area contributed by atoms with Crippen molar-refractivity contribution in [3.8, 4) is 0 Å². The molecule has 0 heterocycles. The lowest BCUT2D eigenvalue weighted by atomic mass is 10.3. The highest BCUT2D eigenvalue weighted by atomic mass is 16.5. The van der Waals surface area contributed by atoms with E-state index in [1.807, 2.05) is 7.05 Å². The van der Waals surface area contributed by atoms with Crippen molar-refractivity contribution in [3.63, 3.8) is 0 Å². The topological polar surface area (TPSA) is 39.7 Å². The fourth-order valence-electron chi connectivity index (χ4n) is 1.07. The van der Waals surface area contributed by atoms with Gasteiger partial charge in [0.05, 0.1) is 33.2 Å². The normalized spacial score (nSPS) is 10.8. The number of ether oxygens (including phenoxy) is 3. The zero-order valence-corrected chi connectivity index (χ0v) is 10.1. The van der Waals surface area contributed by atoms with Gasteiger partial charge in [0.25, 0.3) is 0 Å². The molecule has 0 aromatic rings. The molecule has 0 aliphatic rings. The Bertz CT molecular complexity index is 100. The van der Waals surface area contributed by atoms with Crippen LogP contribution in [-0.2, 0) is 14.2 Å². The van der Waals surface area contributed by atoms with E-state index in [0.717, 1.165) is 13.0 Å². The van der Waals surface area contributed by atoms with Crippen LogP contribution in [0, 0.1) is 0 Å². The number of nitrogens with one attached hydrogen (secondary N) is 1. The first-order valence-corrected chi connectivity index (χ1v) is 5.79. The van der Waals surface area contributed by atoms with Crippen molar-refractivity contribution in [2.45, 2.75) is 26.2 Å². The van der Waals surface area contributed by atoms with Crippen LogP contribution in [0.4, 0.5) is 0 Å². The molecule has 0 radical (unpaired) electrons. The van der Waals surface area contributed by atoms with Crippen LogP contribution in [0.15, 0.2) is 0 Å². The maximum atomic E-state index is 5.39. The lowest BCUT2D eigenvalue weighted by Crippen LogP contribution is -2.15. The third-order valence-corrected chi connectivity index (χ3v) is 1.88. The van der Waals surface area contributed by atoms with Crippen LogP contribution in [0.1, 0.15) is 26.2 Å². The van der Waals surface area contributed by atoms with Crippen LogP contribution < -0.4 is 5.32 Å². The Labute approximate surface area is 93.3 Å². The smallest absolute Gasteiger partial charge is 0.0963 e. The second kappa shape index (κ2) is 13.8. The molecule has 15 heavy (non-hydrogen) atoms. The Morgan fingerprint density at radius 2 is 1.40 bits per heavy atom. The van der Waals surface area contributed by atoms with E-state index in [9.17, 15) is 0 Å². The third-order valence-electron chi connectivity index (χ3n) is 1.88. The molecule has 0 aliphatic carbocycles. The van der Waals surface area contributed by atoms with Crippen LogP contribution in [0.5, 0.6) is 0 Å². The fourth-order valence-corrected chi connectivity index (χ4v) is 1.07. The predicted octanol–water partition coefficient (Wildman–Crippen LogP) is 1.40. The van der Waals surface area contributed by atoms with Crippen molar-refractivity contribution in [1.29, 1.82) is 0 Å². The molecule has 0 amide bonds. The largest absolute Gasteiger partial charge is 0.379 e. The van der Waals surface area contributed by atoms with Gasteiger partial charge in [0.15, 0.2) is 0 Å². The summed E-state index contributed by atoms with van der Waals surface area (Å²) in [5.74, 6) is 0. The van der Waals surface area contributed by atoms with Crippen molar-refractivity contribution in [2.75, 3.05) is 46.8 Å². The maximum Gasteiger partial charge on any atom is 0.0963 e. The van der Waals surface area contributed by atoms with Crippen LogP contribution in [0.25, 0.3) is 0 Å². The summed E-state index contributed by atoms with van der Waals surface area (Å²) >= 11 is 0. The average Bonchev–Trinajstić information content (AvgIpc) is 2.26. The molecular weight excluding hydrogens is 194 g/mol. The molecule has 0 rings (SSSR count). The van der Waals surface area contributed by atoms with Gasteiger partial charge in [-0.05, 0) is 13.5 Å². The summed E-state index contributed by atoms with van der Waals surface area (Å²) in [5.41, 5.74) is 0. The van der Waals surface area contributed by atoms with E-state index in [4.69, 9.17) is 14.2 Å². The highest BCUT2D eigenvalue weighted by molar-refractivity contribution is 4.37. The maximum absolute atomic E-state index is 5.39. The second-order valence-corrected chi connectivity index (χ2v) is 3.34. The third kappa shape index (κ3) is 13.8. The Balaban J connectivity index is 2.81. The van der Waals surface area contributed by atoms with Gasteiger partial charge in [0.1, 0.15) is 0 Å². The molecule has 4 heteroatoms. The first kappa shape index (κ1) is 14.8. The number of hydrogen-bond donors (Lipinski definition) is 1. The zero-order chi connectivity index (χ0) is 11.2. The Hall–Kier alpha value is -0.160. The van der Waals surface area contributed by atoms with Gasteiger partial charge in [-0.2, -0.15) is 0 Å². The highest BCUT2D eigenvalue weighted by Gasteiger charge is 1.90. The summed E-state index contributed by atoms with van der Waals surface area (Å²) in [6.07, 6.45) is 3.64. The second-order valence-electron chi connectivity index (χ2n) is 3.34. The van der Waals surface area contributed by atoms with Gasteiger partial charge in [-0.25, -0.2) is 0 Å². The van der Waals surface area contributed by atoms with Gasteiger partial charge in [-0.1, -0.05) is 19.8 Å². The van der Waals surface area contributed by atoms with Crippen LogP contribution in [-0.4, -0.2) is 46.8 Å². The molecule has 1 N–H and O–H groups in total. The molecule has 0 saturated heterocycles. The van der Waals surface area contributed by atoms with Gasteiger partial charge in [-0.3, -0.25) is 5.32 Å². The summed E-state index contributed by atoms with van der Waals surface area (Å²) < 4.78 is 15.9. The van der Waals surface area contributed by atoms with Gasteiger partial charge in [-0.15, -0.1) is 0 Å². The van der Waals surface area contributed by atoms with Crippen molar-refractivity contribution in [2.24, 2.45) is 0 Å². The molecular formula is C11H25NO3. The summed E-state index contributed by atoms with van der Waals surface area (Å²) in [6, 6.07) is 0. The van der Waals surface area contributed by atoms with E-state index >= 15 is 0 Å². The Morgan fingerprint density at radius 1 is 0.800 bits per heavy atom. The number of hydrogen-bond acceptors (Lipinski definition) is 4. The average molecular weight is 219 g/mol. The molecule has 0 aromatic carbocycles. The summed E-state index contributed by atoms with van der Waals surface area (Å²) in [7, 11) is 1.85. The van der Waals surface area contributed by atoms with Crippen molar-refractivity contribution in [3.05, 3.63) is 0 Å². The molecule has 0 saturated carbocycles. The van der Waals surface area contributed by atoms with Gasteiger partial charge >= 0.3 is 0 Å². The van der Waals surface area contributed by atoms with E-state index in [1.165, 1.54) is 12.8 Å². The minimum Gasteiger partial charge on any atom is -0.379 e. The molecule has 0 aliphatic heterocycles. The zero-order valence-electron chi connectivity index (χ0n) is 10.1. The highest BCUT2D eigenvalue weighted by Crippen LogP contribution is 1.93. The number of unbranched alkanes of at least 4 members (excludes halogenated alkanes) is 2. The summed E-state index contributed by atoms with van der Waals surface area (Å²) in [6.45, 7) is 6.25. The van der Waals surface area contributed by atoms with E-state index in [2.05, 4.69) is 12.2 Å². The molecule has 0 atom stereocenters. The minimum absolute atomic E-state index is 0.580. The van der Waals surface area contributed by atoms with E-state index < -0.39 is 0 Å². The minimum atomic E-state index is 0.580. The van der Waals surface area contributed by atoms with Gasteiger partial charge < -0.3 is 14.2 Å². The molecule has 0 unspecified atom stereocenters. The van der Waals surface area contributed by atoms with Gasteiger partial charge in [0.2, 0.25) is 0 Å². The molecule has 0 fully saturated rings. The van der Waals surface area contributed by atoms with Crippen molar-refractivity contribution in [1.82, 2.24) is 5.32 Å². The first-order valence-electron chi connectivity index (χ1n) is 5.79. The lowest BCUT2D eigenvalue weighted by molar-refractivity contribution is 0.0114. The predicted molar refractivity (Wildman–Crippen MR) is 61.0 cm³/mol. The fraction of sp³-hybridized carbons (Fsp3) is 1.00. The van der Waals surface area contributed by atoms with Crippen LogP contribution >= 0.6 is 0 Å². The molecule has 0 bridgehead atoms. The first-order chi connectivity index (χ1) is 7.41. The summed E-state index contributed by atoms with van der Waals surface area (Å²) in [5, 5.41) is 2.90. The van der Waals surface area contributed by atoms with E-state index in [-0.39, 0.29) is 0 Å².